The molecule has 0 saturated carbocycles. The molecule has 0 fully saturated rings. The number of carbonyl (C=O) groups excluding carboxylic acids is 1. The van der Waals surface area contributed by atoms with Crippen molar-refractivity contribution in [1.29, 1.82) is 5.26 Å². The Morgan fingerprint density at radius 1 is 1.38 bits per heavy atom. The maximum atomic E-state index is 12.0. The molecule has 0 unspecified atom stereocenters. The van der Waals surface area contributed by atoms with E-state index < -0.39 is 15.7 Å². The molecule has 114 valence electrons. The molecule has 0 aliphatic rings. The lowest BCUT2D eigenvalue weighted by molar-refractivity contribution is -0.122. The quantitative estimate of drug-likeness (QED) is 0.588. The lowest BCUT2D eigenvalue weighted by atomic mass is 10.2. The summed E-state index contributed by atoms with van der Waals surface area (Å²) >= 11 is 0. The molecule has 3 N–H and O–H groups in total. The van der Waals surface area contributed by atoms with Gasteiger partial charge in [-0.05, 0) is 18.2 Å². The van der Waals surface area contributed by atoms with Crippen LogP contribution in [0.4, 0.5) is 0 Å². The van der Waals surface area contributed by atoms with Crippen molar-refractivity contribution in [3.05, 3.63) is 29.8 Å². The van der Waals surface area contributed by atoms with Crippen LogP contribution in [0.15, 0.2) is 29.2 Å². The van der Waals surface area contributed by atoms with Gasteiger partial charge in [0.05, 0.1) is 28.9 Å². The maximum Gasteiger partial charge on any atom is 0.243 e. The Morgan fingerprint density at radius 3 is 2.81 bits per heavy atom. The van der Waals surface area contributed by atoms with Gasteiger partial charge >= 0.3 is 0 Å². The van der Waals surface area contributed by atoms with E-state index >= 15 is 0 Å². The van der Waals surface area contributed by atoms with Crippen LogP contribution in [0.25, 0.3) is 0 Å². The van der Waals surface area contributed by atoms with Crippen LogP contribution in [0.2, 0.25) is 0 Å². The minimum atomic E-state index is -3.43. The molecule has 0 saturated heterocycles. The second-order valence-corrected chi connectivity index (χ2v) is 6.34. The fraction of sp³-hybridized carbons (Fsp3) is 0.385. The van der Waals surface area contributed by atoms with Crippen molar-refractivity contribution in [3.63, 3.8) is 0 Å². The number of hydrogen-bond acceptors (Lipinski definition) is 6. The van der Waals surface area contributed by atoms with Gasteiger partial charge in [-0.25, -0.2) is 8.42 Å². The largest absolute Gasteiger partial charge is 0.370 e. The highest BCUT2D eigenvalue weighted by atomic mass is 32.2. The summed E-state index contributed by atoms with van der Waals surface area (Å²) in [6.07, 6.45) is 0. The van der Waals surface area contributed by atoms with Gasteiger partial charge in [0.1, 0.15) is 6.61 Å². The van der Waals surface area contributed by atoms with Gasteiger partial charge in [0.25, 0.3) is 0 Å². The molecule has 1 rings (SSSR count). The lowest BCUT2D eigenvalue weighted by Crippen LogP contribution is -2.28. The van der Waals surface area contributed by atoms with E-state index in [9.17, 15) is 13.2 Å². The van der Waals surface area contributed by atoms with Gasteiger partial charge in [0.15, 0.2) is 9.84 Å². The van der Waals surface area contributed by atoms with Crippen LogP contribution in [-0.2, 0) is 19.4 Å². The first-order chi connectivity index (χ1) is 9.95. The van der Waals surface area contributed by atoms with Crippen LogP contribution in [0, 0.1) is 11.3 Å². The van der Waals surface area contributed by atoms with Crippen LogP contribution in [0.3, 0.4) is 0 Å². The highest BCUT2D eigenvalue weighted by molar-refractivity contribution is 7.91. The maximum absolute atomic E-state index is 12.0. The zero-order chi connectivity index (χ0) is 15.7. The zero-order valence-electron chi connectivity index (χ0n) is 11.4. The summed E-state index contributed by atoms with van der Waals surface area (Å²) in [7, 11) is -3.43. The van der Waals surface area contributed by atoms with E-state index in [0.29, 0.717) is 12.1 Å². The predicted octanol–water partition coefficient (Wildman–Crippen LogP) is -0.577. The number of sulfone groups is 1. The highest BCUT2D eigenvalue weighted by Gasteiger charge is 2.14. The van der Waals surface area contributed by atoms with E-state index in [1.165, 1.54) is 18.2 Å². The summed E-state index contributed by atoms with van der Waals surface area (Å²) in [6, 6.07) is 7.81. The summed E-state index contributed by atoms with van der Waals surface area (Å²) in [5, 5.41) is 11.7. The molecule has 7 nitrogen and oxygen atoms in total. The van der Waals surface area contributed by atoms with Crippen LogP contribution in [0.5, 0.6) is 0 Å². The Morgan fingerprint density at radius 2 is 2.14 bits per heavy atom. The van der Waals surface area contributed by atoms with Crippen molar-refractivity contribution >= 4 is 15.7 Å². The Balaban J connectivity index is 2.36. The third-order valence-electron chi connectivity index (χ3n) is 2.54. The number of benzene rings is 1. The molecule has 8 heteroatoms. The third kappa shape index (κ3) is 6.35. The number of rotatable bonds is 9. The number of nitriles is 1. The summed E-state index contributed by atoms with van der Waals surface area (Å²) < 4.78 is 29.0. The summed E-state index contributed by atoms with van der Waals surface area (Å²) in [5.74, 6) is -0.632. The predicted molar refractivity (Wildman–Crippen MR) is 76.1 cm³/mol. The van der Waals surface area contributed by atoms with E-state index in [-0.39, 0.29) is 30.4 Å². The van der Waals surface area contributed by atoms with Crippen molar-refractivity contribution in [2.24, 2.45) is 5.73 Å². The molecule has 0 aliphatic heterocycles. The SMILES string of the molecule is N#Cc1cccc(S(=O)(=O)CCNCCOCC(N)=O)c1. The van der Waals surface area contributed by atoms with Gasteiger partial charge in [-0.15, -0.1) is 0 Å². The molecule has 0 radical (unpaired) electrons. The fourth-order valence-electron chi connectivity index (χ4n) is 1.53. The number of nitrogens with one attached hydrogen (secondary N) is 1. The van der Waals surface area contributed by atoms with Crippen LogP contribution in [-0.4, -0.2) is 46.4 Å². The van der Waals surface area contributed by atoms with Crippen molar-refractivity contribution in [3.8, 4) is 6.07 Å². The molecule has 0 aliphatic carbocycles. The average Bonchev–Trinajstić information content (AvgIpc) is 2.46. The molecule has 21 heavy (non-hydrogen) atoms. The third-order valence-corrected chi connectivity index (χ3v) is 4.25. The number of nitrogens with two attached hydrogens (primary N) is 1. The Kier molecular flexibility index (Phi) is 6.81. The Labute approximate surface area is 123 Å². The second kappa shape index (κ2) is 8.36. The molecule has 0 heterocycles. The minimum absolute atomic E-state index is 0.0856. The summed E-state index contributed by atoms with van der Waals surface area (Å²) in [4.78, 5) is 10.5. The summed E-state index contributed by atoms with van der Waals surface area (Å²) in [5.41, 5.74) is 5.20. The van der Waals surface area contributed by atoms with Gasteiger partial charge in [-0.2, -0.15) is 5.26 Å². The first kappa shape index (κ1) is 17.1. The molecular weight excluding hydrogens is 294 g/mol. The molecule has 0 spiro atoms. The number of carbonyl (C=O) groups is 1. The number of hydrogen-bond donors (Lipinski definition) is 2. The fourth-order valence-corrected chi connectivity index (χ4v) is 2.77. The number of amides is 1. The first-order valence-electron chi connectivity index (χ1n) is 6.25. The molecule has 1 aromatic rings. The van der Waals surface area contributed by atoms with E-state index in [4.69, 9.17) is 15.7 Å². The zero-order valence-corrected chi connectivity index (χ0v) is 12.2. The molecule has 0 aromatic heterocycles. The minimum Gasteiger partial charge on any atom is -0.370 e. The van der Waals surface area contributed by atoms with Gasteiger partial charge in [0, 0.05) is 13.1 Å². The molecule has 1 aromatic carbocycles. The van der Waals surface area contributed by atoms with Gasteiger partial charge < -0.3 is 15.8 Å². The van der Waals surface area contributed by atoms with E-state index in [2.05, 4.69) is 5.32 Å². The summed E-state index contributed by atoms with van der Waals surface area (Å²) in [6.45, 7) is 0.786. The Hall–Kier alpha value is -1.95. The normalized spacial score (nSPS) is 11.0. The van der Waals surface area contributed by atoms with Crippen molar-refractivity contribution in [2.45, 2.75) is 4.90 Å². The van der Waals surface area contributed by atoms with Gasteiger partial charge in [-0.1, -0.05) is 6.07 Å². The van der Waals surface area contributed by atoms with E-state index in [0.717, 1.165) is 0 Å². The van der Waals surface area contributed by atoms with E-state index in [1.54, 1.807) is 6.07 Å². The highest BCUT2D eigenvalue weighted by Crippen LogP contribution is 2.12. The number of primary amides is 1. The molecule has 0 bridgehead atoms. The smallest absolute Gasteiger partial charge is 0.243 e. The van der Waals surface area contributed by atoms with Crippen molar-refractivity contribution < 1.29 is 17.9 Å². The van der Waals surface area contributed by atoms with Crippen LogP contribution < -0.4 is 11.1 Å². The van der Waals surface area contributed by atoms with Crippen LogP contribution >= 0.6 is 0 Å². The van der Waals surface area contributed by atoms with E-state index in [1.807, 2.05) is 6.07 Å². The van der Waals surface area contributed by atoms with Crippen LogP contribution in [0.1, 0.15) is 5.56 Å². The second-order valence-electron chi connectivity index (χ2n) is 4.23. The monoisotopic (exact) mass is 311 g/mol. The topological polar surface area (TPSA) is 122 Å². The molecule has 0 atom stereocenters. The molecule has 1 amide bonds. The van der Waals surface area contributed by atoms with Crippen molar-refractivity contribution in [2.75, 3.05) is 32.1 Å². The van der Waals surface area contributed by atoms with Crippen molar-refractivity contribution in [1.82, 2.24) is 5.32 Å². The lowest BCUT2D eigenvalue weighted by Gasteiger charge is -2.07. The standard InChI is InChI=1S/C13H17N3O4S/c14-9-11-2-1-3-12(8-11)21(18,19)7-5-16-4-6-20-10-13(15)17/h1-3,8,16H,4-7,10H2,(H2,15,17). The number of nitrogens with zero attached hydrogens (tertiary/aromatic N) is 1. The average molecular weight is 311 g/mol. The number of ether oxygens (including phenoxy) is 1. The van der Waals surface area contributed by atoms with Gasteiger partial charge in [0.2, 0.25) is 5.91 Å². The van der Waals surface area contributed by atoms with Gasteiger partial charge in [-0.3, -0.25) is 4.79 Å². The Bertz CT molecular complexity index is 623. The molecular formula is C13H17N3O4S. The first-order valence-corrected chi connectivity index (χ1v) is 7.90.